The molecule has 0 spiro atoms. The minimum Gasteiger partial charge on any atom is -0.459 e. The highest BCUT2D eigenvalue weighted by Crippen LogP contribution is 2.14. The van der Waals surface area contributed by atoms with Crippen molar-refractivity contribution in [3.05, 3.63) is 24.2 Å². The average Bonchev–Trinajstić information content (AvgIpc) is 2.87. The zero-order valence-electron chi connectivity index (χ0n) is 15.1. The molecule has 138 valence electrons. The Morgan fingerprint density at radius 3 is 1.88 bits per heavy atom. The number of hydrogen-bond acceptors (Lipinski definition) is 7. The normalized spacial score (nSPS) is 11.4. The van der Waals surface area contributed by atoms with Crippen molar-refractivity contribution in [3.63, 3.8) is 0 Å². The molecular weight excluding hydrogens is 330 g/mol. The van der Waals surface area contributed by atoms with Crippen LogP contribution in [0.2, 0.25) is 0 Å². The fourth-order valence-electron chi connectivity index (χ4n) is 1.51. The van der Waals surface area contributed by atoms with Crippen molar-refractivity contribution in [2.24, 2.45) is 0 Å². The van der Waals surface area contributed by atoms with Gasteiger partial charge in [0.2, 0.25) is 5.96 Å². The first kappa shape index (κ1) is 20.2. The largest absolute Gasteiger partial charge is 0.459 e. The number of carbonyl (C=O) groups is 3. The van der Waals surface area contributed by atoms with Crippen LogP contribution < -0.4 is 5.32 Å². The second-order valence-electron chi connectivity index (χ2n) is 7.08. The van der Waals surface area contributed by atoms with Gasteiger partial charge in [-0.15, -0.1) is 4.90 Å². The summed E-state index contributed by atoms with van der Waals surface area (Å²) in [7, 11) is 0. The number of nitrogens with one attached hydrogen (secondary N) is 2. The smallest absolute Gasteiger partial charge is 0.427 e. The van der Waals surface area contributed by atoms with Crippen molar-refractivity contribution in [2.75, 3.05) is 0 Å². The highest BCUT2D eigenvalue weighted by molar-refractivity contribution is 6.13. The average molecular weight is 353 g/mol. The molecule has 0 aliphatic carbocycles. The first-order chi connectivity index (χ1) is 11.3. The topological polar surface area (TPSA) is 122 Å². The van der Waals surface area contributed by atoms with E-state index in [1.54, 1.807) is 41.5 Å². The van der Waals surface area contributed by atoms with E-state index in [-0.39, 0.29) is 5.76 Å². The van der Waals surface area contributed by atoms with Crippen LogP contribution in [0.3, 0.4) is 0 Å². The van der Waals surface area contributed by atoms with E-state index in [1.807, 2.05) is 0 Å². The number of carbonyl (C=O) groups excluding carboxylic acids is 3. The molecule has 0 aromatic carbocycles. The first-order valence-electron chi connectivity index (χ1n) is 7.49. The van der Waals surface area contributed by atoms with Gasteiger partial charge in [-0.25, -0.2) is 9.59 Å². The van der Waals surface area contributed by atoms with Crippen LogP contribution in [-0.4, -0.2) is 40.2 Å². The molecule has 0 saturated carbocycles. The van der Waals surface area contributed by atoms with Crippen LogP contribution >= 0.6 is 0 Å². The van der Waals surface area contributed by atoms with Gasteiger partial charge in [0.25, 0.3) is 5.91 Å². The molecule has 0 saturated heterocycles. The Bertz CT molecular complexity index is 624. The molecule has 0 atom stereocenters. The lowest BCUT2D eigenvalue weighted by atomic mass is 10.2. The van der Waals surface area contributed by atoms with Gasteiger partial charge in [-0.2, -0.15) is 0 Å². The Balaban J connectivity index is 3.00. The van der Waals surface area contributed by atoms with E-state index >= 15 is 0 Å². The lowest BCUT2D eigenvalue weighted by molar-refractivity contribution is 0.0141. The van der Waals surface area contributed by atoms with Crippen LogP contribution in [0.1, 0.15) is 52.1 Å². The summed E-state index contributed by atoms with van der Waals surface area (Å²) in [6.45, 7) is 9.60. The molecule has 1 heterocycles. The van der Waals surface area contributed by atoms with Gasteiger partial charge in [0.15, 0.2) is 5.76 Å². The van der Waals surface area contributed by atoms with E-state index in [1.165, 1.54) is 18.4 Å². The van der Waals surface area contributed by atoms with Crippen molar-refractivity contribution in [1.82, 2.24) is 10.2 Å². The Morgan fingerprint density at radius 2 is 1.52 bits per heavy atom. The summed E-state index contributed by atoms with van der Waals surface area (Å²) in [6, 6.07) is 2.85. The summed E-state index contributed by atoms with van der Waals surface area (Å²) in [5.41, 5.74) is -1.83. The van der Waals surface area contributed by atoms with E-state index < -0.39 is 35.3 Å². The molecule has 9 heteroatoms. The Morgan fingerprint density at radius 1 is 1.04 bits per heavy atom. The zero-order valence-corrected chi connectivity index (χ0v) is 15.1. The number of guanidine groups is 1. The van der Waals surface area contributed by atoms with Gasteiger partial charge in [0, 0.05) is 0 Å². The van der Waals surface area contributed by atoms with E-state index in [0.29, 0.717) is 4.90 Å². The third-order valence-electron chi connectivity index (χ3n) is 2.35. The number of hydrogen-bond donors (Lipinski definition) is 2. The van der Waals surface area contributed by atoms with E-state index in [0.717, 1.165) is 0 Å². The molecule has 0 unspecified atom stereocenters. The number of imide groups is 1. The van der Waals surface area contributed by atoms with Crippen LogP contribution in [0.4, 0.5) is 9.59 Å². The summed E-state index contributed by atoms with van der Waals surface area (Å²) in [6.07, 6.45) is -1.02. The number of nitrogens with zero attached hydrogens (tertiary/aromatic N) is 1. The fourth-order valence-corrected chi connectivity index (χ4v) is 1.51. The second kappa shape index (κ2) is 7.37. The monoisotopic (exact) mass is 353 g/mol. The van der Waals surface area contributed by atoms with Crippen LogP contribution in [-0.2, 0) is 9.47 Å². The zero-order chi connectivity index (χ0) is 19.4. The van der Waals surface area contributed by atoms with Crippen molar-refractivity contribution < 1.29 is 28.3 Å². The molecule has 2 N–H and O–H groups in total. The molecule has 1 rings (SSSR count). The quantitative estimate of drug-likeness (QED) is 0.591. The number of amides is 3. The molecule has 25 heavy (non-hydrogen) atoms. The predicted molar refractivity (Wildman–Crippen MR) is 88.2 cm³/mol. The standard InChI is InChI=1S/C16H23N3O6/c1-15(2,3)24-13(21)19(14(22)25-16(4,5)6)12(17)18-11(20)10-8-7-9-23-10/h7-9H,1-6H3,(H2,17,18,20). The second-order valence-corrected chi connectivity index (χ2v) is 7.08. The van der Waals surface area contributed by atoms with Gasteiger partial charge in [0.1, 0.15) is 11.2 Å². The highest BCUT2D eigenvalue weighted by Gasteiger charge is 2.35. The third kappa shape index (κ3) is 6.66. The van der Waals surface area contributed by atoms with Gasteiger partial charge in [0.05, 0.1) is 6.26 Å². The summed E-state index contributed by atoms with van der Waals surface area (Å²) in [5, 5.41) is 10.00. The SMILES string of the molecule is CC(C)(C)OC(=O)N(C(=N)NC(=O)c1ccco1)C(=O)OC(C)(C)C. The lowest BCUT2D eigenvalue weighted by Crippen LogP contribution is -2.52. The van der Waals surface area contributed by atoms with Crippen molar-refractivity contribution in [3.8, 4) is 0 Å². The number of ether oxygens (including phenoxy) is 2. The van der Waals surface area contributed by atoms with Crippen LogP contribution in [0.15, 0.2) is 22.8 Å². The van der Waals surface area contributed by atoms with Gasteiger partial charge < -0.3 is 13.9 Å². The molecule has 1 aromatic heterocycles. The van der Waals surface area contributed by atoms with E-state index in [4.69, 9.17) is 19.3 Å². The molecule has 3 amide bonds. The molecule has 0 radical (unpaired) electrons. The molecule has 1 aromatic rings. The van der Waals surface area contributed by atoms with Crippen LogP contribution in [0.25, 0.3) is 0 Å². The highest BCUT2D eigenvalue weighted by atomic mass is 16.6. The van der Waals surface area contributed by atoms with Crippen LogP contribution in [0.5, 0.6) is 0 Å². The summed E-state index contributed by atoms with van der Waals surface area (Å²) < 4.78 is 15.1. The molecule has 9 nitrogen and oxygen atoms in total. The molecule has 0 aliphatic heterocycles. The summed E-state index contributed by atoms with van der Waals surface area (Å²) >= 11 is 0. The fraction of sp³-hybridized carbons (Fsp3) is 0.500. The van der Waals surface area contributed by atoms with Gasteiger partial charge in [-0.05, 0) is 53.7 Å². The number of furan rings is 1. The number of rotatable bonds is 1. The van der Waals surface area contributed by atoms with Crippen molar-refractivity contribution >= 4 is 24.1 Å². The first-order valence-corrected chi connectivity index (χ1v) is 7.49. The predicted octanol–water partition coefficient (Wildman–Crippen LogP) is 3.12. The Kier molecular flexibility index (Phi) is 5.96. The third-order valence-corrected chi connectivity index (χ3v) is 2.35. The maximum atomic E-state index is 12.3. The Hall–Kier alpha value is -2.84. The maximum Gasteiger partial charge on any atom is 0.427 e. The van der Waals surface area contributed by atoms with Crippen molar-refractivity contribution in [2.45, 2.75) is 52.7 Å². The van der Waals surface area contributed by atoms with Gasteiger partial charge >= 0.3 is 12.2 Å². The van der Waals surface area contributed by atoms with Gasteiger partial charge in [-0.1, -0.05) is 0 Å². The molecule has 0 bridgehead atoms. The summed E-state index contributed by atoms with van der Waals surface area (Å²) in [4.78, 5) is 36.8. The minimum atomic E-state index is -1.15. The molecule has 0 aliphatic rings. The van der Waals surface area contributed by atoms with E-state index in [2.05, 4.69) is 5.32 Å². The Labute approximate surface area is 145 Å². The minimum absolute atomic E-state index is 0.0851. The molecule has 0 fully saturated rings. The van der Waals surface area contributed by atoms with Crippen LogP contribution in [0, 0.1) is 5.41 Å². The van der Waals surface area contributed by atoms with Gasteiger partial charge in [-0.3, -0.25) is 15.5 Å². The maximum absolute atomic E-state index is 12.3. The lowest BCUT2D eigenvalue weighted by Gasteiger charge is -2.28. The summed E-state index contributed by atoms with van der Waals surface area (Å²) in [5.74, 6) is -1.70. The molecular formula is C16H23N3O6. The van der Waals surface area contributed by atoms with E-state index in [9.17, 15) is 14.4 Å². The van der Waals surface area contributed by atoms with Crippen molar-refractivity contribution in [1.29, 1.82) is 5.41 Å².